The largest absolute Gasteiger partial charge is 0.492 e. The van der Waals surface area contributed by atoms with E-state index in [1.54, 1.807) is 0 Å². The molecule has 0 aliphatic carbocycles. The molecule has 0 atom stereocenters. The van der Waals surface area contributed by atoms with Gasteiger partial charge in [-0.15, -0.1) is 0 Å². The van der Waals surface area contributed by atoms with Crippen LogP contribution >= 0.6 is 0 Å². The Kier molecular flexibility index (Phi) is 1.88. The first-order valence-corrected chi connectivity index (χ1v) is 5.42. The highest BCUT2D eigenvalue weighted by Crippen LogP contribution is 2.34. The van der Waals surface area contributed by atoms with E-state index in [9.17, 15) is 0 Å². The number of pyridine rings is 1. The predicted octanol–water partition coefficient (Wildman–Crippen LogP) is 2.73. The van der Waals surface area contributed by atoms with Crippen LogP contribution in [-0.4, -0.2) is 11.6 Å². The Bertz CT molecular complexity index is 519. The van der Waals surface area contributed by atoms with Crippen LogP contribution in [0, 0.1) is 0 Å². The number of benzene rings is 1. The molecule has 0 unspecified atom stereocenters. The number of aryl methyl sites for hydroxylation is 1. The maximum absolute atomic E-state index is 5.68. The Morgan fingerprint density at radius 2 is 2.20 bits per heavy atom. The van der Waals surface area contributed by atoms with Crippen LogP contribution in [0.3, 0.4) is 0 Å². The normalized spacial score (nSPS) is 13.9. The lowest BCUT2D eigenvalue weighted by atomic mass is 10.0. The molecule has 2 nitrogen and oxygen atoms in total. The van der Waals surface area contributed by atoms with Crippen molar-refractivity contribution in [3.05, 3.63) is 35.7 Å². The van der Waals surface area contributed by atoms with E-state index in [1.165, 1.54) is 16.3 Å². The molecule has 0 spiro atoms. The van der Waals surface area contributed by atoms with Gasteiger partial charge in [0.15, 0.2) is 0 Å². The lowest BCUT2D eigenvalue weighted by Crippen LogP contribution is -1.91. The molecule has 1 aliphatic heterocycles. The summed E-state index contributed by atoms with van der Waals surface area (Å²) in [5.41, 5.74) is 2.49. The van der Waals surface area contributed by atoms with Crippen LogP contribution < -0.4 is 4.74 Å². The van der Waals surface area contributed by atoms with E-state index in [4.69, 9.17) is 4.74 Å². The van der Waals surface area contributed by atoms with Gasteiger partial charge in [0, 0.05) is 29.1 Å². The molecule has 0 saturated carbocycles. The summed E-state index contributed by atoms with van der Waals surface area (Å²) in [4.78, 5) is 4.40. The Hall–Kier alpha value is -1.57. The van der Waals surface area contributed by atoms with Crippen LogP contribution in [0.1, 0.15) is 18.2 Å². The highest BCUT2D eigenvalue weighted by Gasteiger charge is 2.15. The summed E-state index contributed by atoms with van der Waals surface area (Å²) in [5.74, 6) is 1.07. The number of aromatic nitrogens is 1. The minimum absolute atomic E-state index is 0.818. The third-order valence-electron chi connectivity index (χ3n) is 3.01. The maximum atomic E-state index is 5.68. The molecule has 0 fully saturated rings. The van der Waals surface area contributed by atoms with Crippen molar-refractivity contribution < 1.29 is 4.74 Å². The van der Waals surface area contributed by atoms with Crippen molar-refractivity contribution in [2.45, 2.75) is 19.8 Å². The van der Waals surface area contributed by atoms with Gasteiger partial charge in [0.2, 0.25) is 0 Å². The Balaban J connectivity index is 2.37. The Morgan fingerprint density at radius 3 is 3.07 bits per heavy atom. The molecule has 3 rings (SSSR count). The van der Waals surface area contributed by atoms with Crippen molar-refractivity contribution in [1.29, 1.82) is 0 Å². The van der Waals surface area contributed by atoms with Gasteiger partial charge in [-0.3, -0.25) is 4.98 Å². The molecular weight excluding hydrogens is 186 g/mol. The van der Waals surface area contributed by atoms with Crippen LogP contribution in [0.4, 0.5) is 0 Å². The van der Waals surface area contributed by atoms with Crippen molar-refractivity contribution in [3.8, 4) is 5.75 Å². The van der Waals surface area contributed by atoms with Crippen LogP contribution in [-0.2, 0) is 12.8 Å². The lowest BCUT2D eigenvalue weighted by Gasteiger charge is -2.07. The Morgan fingerprint density at radius 1 is 1.27 bits per heavy atom. The van der Waals surface area contributed by atoms with E-state index in [2.05, 4.69) is 30.1 Å². The number of nitrogens with zero attached hydrogens (tertiary/aromatic N) is 1. The monoisotopic (exact) mass is 199 g/mol. The number of rotatable bonds is 1. The molecular formula is C13H13NO. The van der Waals surface area contributed by atoms with E-state index in [0.29, 0.717) is 0 Å². The first-order valence-electron chi connectivity index (χ1n) is 5.42. The fourth-order valence-corrected chi connectivity index (χ4v) is 2.25. The van der Waals surface area contributed by atoms with Crippen molar-refractivity contribution in [2.75, 3.05) is 6.61 Å². The molecule has 2 heteroatoms. The molecule has 0 N–H and O–H groups in total. The molecule has 0 bridgehead atoms. The number of fused-ring (bicyclic) bond motifs is 3. The second-order valence-corrected chi connectivity index (χ2v) is 3.86. The molecule has 0 amide bonds. The molecule has 1 aromatic heterocycles. The second-order valence-electron chi connectivity index (χ2n) is 3.86. The van der Waals surface area contributed by atoms with E-state index in [0.717, 1.165) is 30.9 Å². The summed E-state index contributed by atoms with van der Waals surface area (Å²) < 4.78 is 5.68. The maximum Gasteiger partial charge on any atom is 0.130 e. The first-order chi connectivity index (χ1) is 7.40. The van der Waals surface area contributed by atoms with Crippen molar-refractivity contribution >= 4 is 10.8 Å². The average molecular weight is 199 g/mol. The van der Waals surface area contributed by atoms with Gasteiger partial charge in [0.1, 0.15) is 5.75 Å². The molecule has 2 aromatic rings. The molecule has 76 valence electrons. The highest BCUT2D eigenvalue weighted by atomic mass is 16.5. The topological polar surface area (TPSA) is 22.1 Å². The van der Waals surface area contributed by atoms with Gasteiger partial charge < -0.3 is 4.74 Å². The smallest absolute Gasteiger partial charge is 0.130 e. The van der Waals surface area contributed by atoms with Gasteiger partial charge in [0.25, 0.3) is 0 Å². The predicted molar refractivity (Wildman–Crippen MR) is 60.3 cm³/mol. The molecule has 2 heterocycles. The molecule has 0 saturated heterocycles. The molecule has 15 heavy (non-hydrogen) atoms. The van der Waals surface area contributed by atoms with Gasteiger partial charge in [-0.1, -0.05) is 19.1 Å². The summed E-state index contributed by atoms with van der Waals surface area (Å²) in [5, 5.41) is 2.46. The summed E-state index contributed by atoms with van der Waals surface area (Å²) in [6.45, 7) is 2.95. The zero-order chi connectivity index (χ0) is 10.3. The molecule has 1 aromatic carbocycles. The van der Waals surface area contributed by atoms with Gasteiger partial charge in [-0.25, -0.2) is 0 Å². The third-order valence-corrected chi connectivity index (χ3v) is 3.01. The van der Waals surface area contributed by atoms with Gasteiger partial charge >= 0.3 is 0 Å². The van der Waals surface area contributed by atoms with Gasteiger partial charge in [-0.05, 0) is 18.1 Å². The summed E-state index contributed by atoms with van der Waals surface area (Å²) in [6, 6.07) is 6.40. The van der Waals surface area contributed by atoms with E-state index < -0.39 is 0 Å². The first kappa shape index (κ1) is 8.72. The van der Waals surface area contributed by atoms with Crippen LogP contribution in [0.25, 0.3) is 10.8 Å². The van der Waals surface area contributed by atoms with E-state index in [-0.39, 0.29) is 0 Å². The van der Waals surface area contributed by atoms with E-state index >= 15 is 0 Å². The van der Waals surface area contributed by atoms with Crippen LogP contribution in [0.15, 0.2) is 24.4 Å². The highest BCUT2D eigenvalue weighted by molar-refractivity contribution is 5.91. The Labute approximate surface area is 88.9 Å². The quantitative estimate of drug-likeness (QED) is 0.704. The second kappa shape index (κ2) is 3.23. The number of hydrogen-bond acceptors (Lipinski definition) is 2. The minimum atomic E-state index is 0.818. The summed E-state index contributed by atoms with van der Waals surface area (Å²) in [6.07, 6.45) is 3.88. The van der Waals surface area contributed by atoms with Crippen molar-refractivity contribution in [3.63, 3.8) is 0 Å². The fraction of sp³-hybridized carbons (Fsp3) is 0.308. The minimum Gasteiger partial charge on any atom is -0.492 e. The zero-order valence-corrected chi connectivity index (χ0v) is 8.79. The van der Waals surface area contributed by atoms with Crippen molar-refractivity contribution in [1.82, 2.24) is 4.98 Å². The zero-order valence-electron chi connectivity index (χ0n) is 8.79. The molecule has 0 radical (unpaired) electrons. The fourth-order valence-electron chi connectivity index (χ4n) is 2.25. The van der Waals surface area contributed by atoms with Crippen LogP contribution in [0.2, 0.25) is 0 Å². The number of hydrogen-bond donors (Lipinski definition) is 0. The van der Waals surface area contributed by atoms with Crippen LogP contribution in [0.5, 0.6) is 5.75 Å². The molecule has 1 aliphatic rings. The SMILES string of the molecule is CCc1nccc2c3c(ccc12)CCO3. The van der Waals surface area contributed by atoms with E-state index in [1.807, 2.05) is 6.20 Å². The standard InChI is InChI=1S/C13H13NO/c1-2-12-10-4-3-9-6-8-15-13(9)11(10)5-7-14-12/h3-5,7H,2,6,8H2,1H3. The van der Waals surface area contributed by atoms with Crippen molar-refractivity contribution in [2.24, 2.45) is 0 Å². The number of ether oxygens (including phenoxy) is 1. The average Bonchev–Trinajstić information content (AvgIpc) is 2.76. The summed E-state index contributed by atoms with van der Waals surface area (Å²) in [7, 11) is 0. The summed E-state index contributed by atoms with van der Waals surface area (Å²) >= 11 is 0. The van der Waals surface area contributed by atoms with Gasteiger partial charge in [0.05, 0.1) is 6.61 Å². The third kappa shape index (κ3) is 1.21. The lowest BCUT2D eigenvalue weighted by molar-refractivity contribution is 0.360. The van der Waals surface area contributed by atoms with Gasteiger partial charge in [-0.2, -0.15) is 0 Å².